The lowest BCUT2D eigenvalue weighted by Crippen LogP contribution is -2.28. The number of rotatable bonds is 4. The van der Waals surface area contributed by atoms with Crippen LogP contribution in [-0.4, -0.2) is 57.7 Å². The summed E-state index contributed by atoms with van der Waals surface area (Å²) in [6.07, 6.45) is 6.30. The fourth-order valence-electron chi connectivity index (χ4n) is 5.77. The molecule has 1 N–H and O–H groups in total. The Kier molecular flexibility index (Phi) is 6.40. The predicted molar refractivity (Wildman–Crippen MR) is 153 cm³/mol. The molecule has 0 atom stereocenters. The zero-order valence-corrected chi connectivity index (χ0v) is 22.1. The number of carbonyl (C=O) groups is 1. The van der Waals surface area contributed by atoms with Gasteiger partial charge in [0.2, 0.25) is 0 Å². The number of hydrogen-bond donors (Lipinski definition) is 1. The van der Waals surface area contributed by atoms with Gasteiger partial charge in [0, 0.05) is 48.4 Å². The first-order valence-electron chi connectivity index (χ1n) is 13.6. The normalized spacial score (nSPS) is 15.4. The second-order valence-corrected chi connectivity index (χ2v) is 10.5. The number of nitrogens with one attached hydrogen (secondary N) is 1. The molecule has 6 rings (SSSR count). The molecule has 3 aromatic carbocycles. The molecule has 0 saturated carbocycles. The maximum Gasteiger partial charge on any atom is 0.254 e. The van der Waals surface area contributed by atoms with Crippen LogP contribution in [0.3, 0.4) is 0 Å². The molecule has 0 aliphatic carbocycles. The summed E-state index contributed by atoms with van der Waals surface area (Å²) in [5.41, 5.74) is 9.33. The number of carbonyl (C=O) groups excluding carboxylic acids is 1. The monoisotopic (exact) mass is 503 g/mol. The first-order chi connectivity index (χ1) is 18.5. The fraction of sp³-hybridized carbons (Fsp3) is 0.312. The lowest BCUT2D eigenvalue weighted by atomic mass is 9.97. The van der Waals surface area contributed by atoms with Crippen LogP contribution in [0, 0.1) is 19.3 Å². The number of para-hydroxylation sites is 1. The molecule has 4 aromatic rings. The van der Waals surface area contributed by atoms with Crippen LogP contribution in [0.2, 0.25) is 0 Å². The van der Waals surface area contributed by atoms with E-state index < -0.39 is 0 Å². The molecule has 6 nitrogen and oxygen atoms in total. The van der Waals surface area contributed by atoms with Crippen LogP contribution in [0.5, 0.6) is 0 Å². The highest BCUT2D eigenvalue weighted by Crippen LogP contribution is 2.31. The van der Waals surface area contributed by atoms with Gasteiger partial charge >= 0.3 is 0 Å². The van der Waals surface area contributed by atoms with Gasteiger partial charge in [0.15, 0.2) is 0 Å². The van der Waals surface area contributed by atoms with E-state index in [0.29, 0.717) is 5.84 Å². The molecule has 2 saturated heterocycles. The Hall–Kier alpha value is -4.06. The molecule has 192 valence electrons. The Bertz CT molecular complexity index is 1550. The van der Waals surface area contributed by atoms with E-state index in [2.05, 4.69) is 36.1 Å². The summed E-state index contributed by atoms with van der Waals surface area (Å²) in [5.74, 6) is 0.739. The van der Waals surface area contributed by atoms with E-state index in [1.54, 1.807) is 0 Å². The van der Waals surface area contributed by atoms with Crippen molar-refractivity contribution < 1.29 is 4.79 Å². The molecule has 2 aliphatic heterocycles. The van der Waals surface area contributed by atoms with Crippen molar-refractivity contribution >= 4 is 22.8 Å². The Morgan fingerprint density at radius 2 is 1.42 bits per heavy atom. The highest BCUT2D eigenvalue weighted by atomic mass is 16.2. The summed E-state index contributed by atoms with van der Waals surface area (Å²) in [5, 5.41) is 8.68. The first kappa shape index (κ1) is 24.3. The van der Waals surface area contributed by atoms with Crippen molar-refractivity contribution in [3.8, 4) is 22.4 Å². The van der Waals surface area contributed by atoms with Crippen molar-refractivity contribution in [1.82, 2.24) is 19.8 Å². The van der Waals surface area contributed by atoms with Crippen molar-refractivity contribution in [3.05, 3.63) is 83.0 Å². The van der Waals surface area contributed by atoms with Gasteiger partial charge < -0.3 is 9.80 Å². The van der Waals surface area contributed by atoms with E-state index in [0.717, 1.165) is 108 Å². The molecule has 2 aliphatic rings. The minimum absolute atomic E-state index is 0.120. The summed E-state index contributed by atoms with van der Waals surface area (Å²) in [4.78, 5) is 26.9. The van der Waals surface area contributed by atoms with Crippen LogP contribution >= 0.6 is 0 Å². The molecule has 3 heterocycles. The average Bonchev–Trinajstić information content (AvgIpc) is 3.67. The predicted octanol–water partition coefficient (Wildman–Crippen LogP) is 6.24. The number of nitrogens with zero attached hydrogens (tertiary/aromatic N) is 4. The van der Waals surface area contributed by atoms with Gasteiger partial charge in [0.25, 0.3) is 5.91 Å². The lowest BCUT2D eigenvalue weighted by molar-refractivity contribution is 0.0792. The molecule has 0 bridgehead atoms. The minimum Gasteiger partial charge on any atom is -0.357 e. The molecule has 2 fully saturated rings. The number of aryl methyl sites for hydroxylation is 2. The van der Waals surface area contributed by atoms with Crippen LogP contribution < -0.4 is 0 Å². The molecule has 6 heteroatoms. The molecule has 0 radical (unpaired) electrons. The summed E-state index contributed by atoms with van der Waals surface area (Å²) in [6, 6.07) is 18.4. The number of aromatic nitrogens is 2. The Balaban J connectivity index is 1.34. The summed E-state index contributed by atoms with van der Waals surface area (Å²) in [6.45, 7) is 7.71. The van der Waals surface area contributed by atoms with Crippen LogP contribution in [0.1, 0.15) is 52.7 Å². The molecule has 1 amide bonds. The van der Waals surface area contributed by atoms with Gasteiger partial charge in [-0.3, -0.25) is 15.2 Å². The summed E-state index contributed by atoms with van der Waals surface area (Å²) in [7, 11) is 0. The Morgan fingerprint density at radius 3 is 2.13 bits per heavy atom. The van der Waals surface area contributed by atoms with Crippen molar-refractivity contribution in [2.75, 3.05) is 26.2 Å². The number of benzene rings is 3. The smallest absolute Gasteiger partial charge is 0.254 e. The van der Waals surface area contributed by atoms with E-state index in [4.69, 9.17) is 15.4 Å². The van der Waals surface area contributed by atoms with Crippen LogP contribution in [0.25, 0.3) is 33.4 Å². The average molecular weight is 504 g/mol. The first-order valence-corrected chi connectivity index (χ1v) is 13.6. The summed E-state index contributed by atoms with van der Waals surface area (Å²) < 4.78 is 0. The quantitative estimate of drug-likeness (QED) is 0.264. The van der Waals surface area contributed by atoms with Gasteiger partial charge in [0.1, 0.15) is 5.84 Å². The largest absolute Gasteiger partial charge is 0.357 e. The van der Waals surface area contributed by atoms with Crippen molar-refractivity contribution in [2.24, 2.45) is 0 Å². The zero-order valence-electron chi connectivity index (χ0n) is 22.1. The van der Waals surface area contributed by atoms with Gasteiger partial charge in [-0.2, -0.15) is 0 Å². The number of hydrogen-bond acceptors (Lipinski definition) is 4. The van der Waals surface area contributed by atoms with E-state index in [1.165, 1.54) is 0 Å². The number of amidine groups is 1. The maximum absolute atomic E-state index is 12.9. The van der Waals surface area contributed by atoms with E-state index in [1.807, 2.05) is 48.4 Å². The third-order valence-electron chi connectivity index (χ3n) is 7.93. The third-order valence-corrected chi connectivity index (χ3v) is 7.93. The number of fused-ring (bicyclic) bond motifs is 1. The molecule has 38 heavy (non-hydrogen) atoms. The van der Waals surface area contributed by atoms with Crippen molar-refractivity contribution in [2.45, 2.75) is 39.5 Å². The van der Waals surface area contributed by atoms with Crippen LogP contribution in [0.15, 0.2) is 60.8 Å². The maximum atomic E-state index is 12.9. The van der Waals surface area contributed by atoms with Gasteiger partial charge in [-0.05, 0) is 74.4 Å². The lowest BCUT2D eigenvalue weighted by Gasteiger charge is -2.20. The topological polar surface area (TPSA) is 73.2 Å². The van der Waals surface area contributed by atoms with Gasteiger partial charge in [-0.1, -0.05) is 36.4 Å². The van der Waals surface area contributed by atoms with Gasteiger partial charge in [-0.25, -0.2) is 4.98 Å². The Labute approximate surface area is 223 Å². The van der Waals surface area contributed by atoms with E-state index in [9.17, 15) is 4.79 Å². The van der Waals surface area contributed by atoms with E-state index in [-0.39, 0.29) is 5.91 Å². The van der Waals surface area contributed by atoms with Crippen LogP contribution in [-0.2, 0) is 0 Å². The fourth-order valence-corrected chi connectivity index (χ4v) is 5.77. The number of likely N-dealkylation sites (tertiary alicyclic amines) is 2. The summed E-state index contributed by atoms with van der Waals surface area (Å²) >= 11 is 0. The zero-order chi connectivity index (χ0) is 26.2. The van der Waals surface area contributed by atoms with Crippen molar-refractivity contribution in [1.29, 1.82) is 5.41 Å². The molecule has 0 spiro atoms. The Morgan fingerprint density at radius 1 is 0.789 bits per heavy atom. The molecule has 1 aromatic heterocycles. The van der Waals surface area contributed by atoms with Crippen molar-refractivity contribution in [3.63, 3.8) is 0 Å². The van der Waals surface area contributed by atoms with Crippen LogP contribution in [0.4, 0.5) is 0 Å². The van der Waals surface area contributed by atoms with Gasteiger partial charge in [0.05, 0.1) is 22.9 Å². The third kappa shape index (κ3) is 4.44. The minimum atomic E-state index is 0.120. The number of amides is 1. The highest BCUT2D eigenvalue weighted by Gasteiger charge is 2.22. The second-order valence-electron chi connectivity index (χ2n) is 10.5. The SMILES string of the molecule is Cc1cc(-c2cccc3ncc(-c4ccc(C(=O)N5CCCC5)c(C)c4)nc23)ccc1C(=N)N1CCCC1. The standard InChI is InChI=1S/C32H33N5O/c1-21-18-23(10-12-25(21)31(33)36-14-3-4-15-36)27-8-7-9-28-30(27)35-29(20-34-28)24-11-13-26(22(2)19-24)32(38)37-16-5-6-17-37/h7-13,18-20,33H,3-6,14-17H2,1-2H3. The second kappa shape index (κ2) is 10.0. The molecular weight excluding hydrogens is 470 g/mol. The molecular formula is C32H33N5O. The molecule has 0 unspecified atom stereocenters. The van der Waals surface area contributed by atoms with Gasteiger partial charge in [-0.15, -0.1) is 0 Å². The highest BCUT2D eigenvalue weighted by molar-refractivity contribution is 6.00. The van der Waals surface area contributed by atoms with E-state index >= 15 is 0 Å².